The Labute approximate surface area is 170 Å². The Bertz CT molecular complexity index is 1080. The van der Waals surface area contributed by atoms with E-state index in [2.05, 4.69) is 18.3 Å². The molecule has 2 aliphatic carbocycles. The van der Waals surface area contributed by atoms with E-state index in [1.165, 1.54) is 28.5 Å². The summed E-state index contributed by atoms with van der Waals surface area (Å²) in [5.41, 5.74) is 14.4. The SMILES string of the molecule is CC1(c2ccc(C(=O)NCC#N)cc2)Cc2ccc(N)c(C=N)c2C2=C1CCC2. The Balaban J connectivity index is 1.77. The number of amides is 1. The number of rotatable bonds is 4. The number of nitrogens with zero attached hydrogens (tertiary/aromatic N) is 1. The summed E-state index contributed by atoms with van der Waals surface area (Å²) in [6.45, 7) is 2.28. The van der Waals surface area contributed by atoms with Gasteiger partial charge in [-0.3, -0.25) is 4.79 Å². The van der Waals surface area contributed by atoms with Gasteiger partial charge in [0.15, 0.2) is 0 Å². The van der Waals surface area contributed by atoms with Gasteiger partial charge in [-0.05, 0) is 66.1 Å². The van der Waals surface area contributed by atoms with Gasteiger partial charge in [0.05, 0.1) is 6.07 Å². The summed E-state index contributed by atoms with van der Waals surface area (Å²) in [4.78, 5) is 12.1. The van der Waals surface area contributed by atoms with Crippen molar-refractivity contribution < 1.29 is 4.79 Å². The van der Waals surface area contributed by atoms with Crippen molar-refractivity contribution in [3.05, 3.63) is 69.8 Å². The monoisotopic (exact) mass is 384 g/mol. The molecule has 1 unspecified atom stereocenters. The highest BCUT2D eigenvalue weighted by atomic mass is 16.1. The molecule has 0 aromatic heterocycles. The van der Waals surface area contributed by atoms with Gasteiger partial charge in [0.25, 0.3) is 5.91 Å². The van der Waals surface area contributed by atoms with E-state index in [-0.39, 0.29) is 17.9 Å². The van der Waals surface area contributed by atoms with Crippen molar-refractivity contribution >= 4 is 23.4 Å². The topological polar surface area (TPSA) is 103 Å². The van der Waals surface area contributed by atoms with Crippen LogP contribution in [-0.4, -0.2) is 18.7 Å². The third kappa shape index (κ3) is 3.01. The highest BCUT2D eigenvalue weighted by molar-refractivity contribution is 5.96. The van der Waals surface area contributed by atoms with Crippen LogP contribution in [0.5, 0.6) is 0 Å². The number of nitriles is 1. The molecule has 1 amide bonds. The molecule has 0 fully saturated rings. The number of anilines is 1. The van der Waals surface area contributed by atoms with Crippen LogP contribution in [0.25, 0.3) is 5.57 Å². The molecule has 0 bridgehead atoms. The Morgan fingerprint density at radius 3 is 2.72 bits per heavy atom. The van der Waals surface area contributed by atoms with E-state index in [0.29, 0.717) is 11.3 Å². The maximum absolute atomic E-state index is 12.1. The Morgan fingerprint density at radius 2 is 2.03 bits per heavy atom. The summed E-state index contributed by atoms with van der Waals surface area (Å²) in [7, 11) is 0. The van der Waals surface area contributed by atoms with Crippen molar-refractivity contribution in [1.29, 1.82) is 10.7 Å². The lowest BCUT2D eigenvalue weighted by atomic mass is 9.65. The molecule has 4 rings (SSSR count). The van der Waals surface area contributed by atoms with Gasteiger partial charge >= 0.3 is 0 Å². The third-order valence-electron chi connectivity index (χ3n) is 6.35. The van der Waals surface area contributed by atoms with Crippen molar-refractivity contribution in [3.63, 3.8) is 0 Å². The van der Waals surface area contributed by atoms with Gasteiger partial charge in [-0.25, -0.2) is 0 Å². The van der Waals surface area contributed by atoms with Crippen LogP contribution >= 0.6 is 0 Å². The minimum Gasteiger partial charge on any atom is -0.398 e. The van der Waals surface area contributed by atoms with Crippen molar-refractivity contribution in [3.8, 4) is 6.07 Å². The van der Waals surface area contributed by atoms with Gasteiger partial charge in [0.2, 0.25) is 0 Å². The smallest absolute Gasteiger partial charge is 0.252 e. The molecule has 4 N–H and O–H groups in total. The first-order chi connectivity index (χ1) is 14.0. The van der Waals surface area contributed by atoms with Gasteiger partial charge in [-0.15, -0.1) is 0 Å². The summed E-state index contributed by atoms with van der Waals surface area (Å²) >= 11 is 0. The van der Waals surface area contributed by atoms with Crippen LogP contribution in [0.4, 0.5) is 5.69 Å². The van der Waals surface area contributed by atoms with Crippen molar-refractivity contribution in [2.45, 2.75) is 38.0 Å². The summed E-state index contributed by atoms with van der Waals surface area (Å²) in [5, 5.41) is 19.1. The van der Waals surface area contributed by atoms with Gasteiger partial charge in [0, 0.05) is 28.4 Å². The summed E-state index contributed by atoms with van der Waals surface area (Å²) < 4.78 is 0. The number of fused-ring (bicyclic) bond motifs is 2. The molecule has 5 nitrogen and oxygen atoms in total. The number of allylic oxidation sites excluding steroid dienone is 2. The molecule has 0 saturated heterocycles. The zero-order chi connectivity index (χ0) is 20.6. The summed E-state index contributed by atoms with van der Waals surface area (Å²) in [5.74, 6) is -0.232. The van der Waals surface area contributed by atoms with E-state index >= 15 is 0 Å². The van der Waals surface area contributed by atoms with Gasteiger partial charge in [-0.1, -0.05) is 30.7 Å². The first-order valence-corrected chi connectivity index (χ1v) is 9.90. The van der Waals surface area contributed by atoms with Crippen LogP contribution in [0.3, 0.4) is 0 Å². The zero-order valence-corrected chi connectivity index (χ0v) is 16.5. The van der Waals surface area contributed by atoms with Crippen molar-refractivity contribution in [2.24, 2.45) is 0 Å². The first-order valence-electron chi connectivity index (χ1n) is 9.90. The molecule has 2 aromatic carbocycles. The minimum atomic E-state index is -0.232. The predicted molar refractivity (Wildman–Crippen MR) is 115 cm³/mol. The number of carbonyl (C=O) groups excluding carboxylic acids is 1. The maximum Gasteiger partial charge on any atom is 0.252 e. The third-order valence-corrected chi connectivity index (χ3v) is 6.35. The van der Waals surface area contributed by atoms with Gasteiger partial charge in [-0.2, -0.15) is 5.26 Å². The lowest BCUT2D eigenvalue weighted by Crippen LogP contribution is -2.31. The lowest BCUT2D eigenvalue weighted by Gasteiger charge is -2.38. The normalized spacial score (nSPS) is 19.9. The molecule has 5 heteroatoms. The second kappa shape index (κ2) is 7.21. The second-order valence-electron chi connectivity index (χ2n) is 7.98. The molecular formula is C24H24N4O. The fraction of sp³-hybridized carbons (Fsp3) is 0.292. The molecule has 0 aliphatic heterocycles. The van der Waals surface area contributed by atoms with Crippen LogP contribution in [0, 0.1) is 16.7 Å². The fourth-order valence-corrected chi connectivity index (χ4v) is 4.94. The Hall–Kier alpha value is -3.39. The van der Waals surface area contributed by atoms with E-state index in [1.54, 1.807) is 0 Å². The number of hydrogen-bond donors (Lipinski definition) is 3. The van der Waals surface area contributed by atoms with E-state index in [4.69, 9.17) is 16.4 Å². The van der Waals surface area contributed by atoms with E-state index in [9.17, 15) is 4.79 Å². The molecule has 0 heterocycles. The number of hydrogen-bond acceptors (Lipinski definition) is 4. The Kier molecular flexibility index (Phi) is 4.71. The van der Waals surface area contributed by atoms with Crippen LogP contribution in [0.1, 0.15) is 58.8 Å². The van der Waals surface area contributed by atoms with Crippen LogP contribution < -0.4 is 11.1 Å². The molecule has 2 aromatic rings. The summed E-state index contributed by atoms with van der Waals surface area (Å²) in [6, 6.07) is 13.7. The Morgan fingerprint density at radius 1 is 1.28 bits per heavy atom. The maximum atomic E-state index is 12.1. The standard InChI is InChI=1S/C24H24N4O/c1-24(17-8-5-15(6-9-17)23(29)28-12-11-25)13-16-7-10-21(27)19(14-26)22(16)18-3-2-4-20(18)24/h5-10,14,26H,2-4,12-13,27H2,1H3,(H,28,29). The fourth-order valence-electron chi connectivity index (χ4n) is 4.94. The number of benzene rings is 2. The van der Waals surface area contributed by atoms with E-state index in [1.807, 2.05) is 36.4 Å². The van der Waals surface area contributed by atoms with Crippen LogP contribution in [0.15, 0.2) is 42.0 Å². The second-order valence-corrected chi connectivity index (χ2v) is 7.98. The number of nitrogen functional groups attached to an aromatic ring is 1. The van der Waals surface area contributed by atoms with Gasteiger partial charge < -0.3 is 16.5 Å². The number of nitrogens with two attached hydrogens (primary N) is 1. The zero-order valence-electron chi connectivity index (χ0n) is 16.5. The molecular weight excluding hydrogens is 360 g/mol. The van der Waals surface area contributed by atoms with Crippen LogP contribution in [-0.2, 0) is 11.8 Å². The average Bonchev–Trinajstić information content (AvgIpc) is 3.23. The quantitative estimate of drug-likeness (QED) is 0.422. The van der Waals surface area contributed by atoms with Crippen molar-refractivity contribution in [2.75, 3.05) is 12.3 Å². The summed E-state index contributed by atoms with van der Waals surface area (Å²) in [6.07, 6.45) is 5.40. The predicted octanol–water partition coefficient (Wildman–Crippen LogP) is 3.97. The highest BCUT2D eigenvalue weighted by Crippen LogP contribution is 2.52. The molecule has 1 atom stereocenters. The molecule has 29 heavy (non-hydrogen) atoms. The van der Waals surface area contributed by atoms with Gasteiger partial charge in [0.1, 0.15) is 6.54 Å². The molecule has 0 spiro atoms. The van der Waals surface area contributed by atoms with Crippen molar-refractivity contribution in [1.82, 2.24) is 5.32 Å². The number of nitrogens with one attached hydrogen (secondary N) is 2. The minimum absolute atomic E-state index is 0.00378. The highest BCUT2D eigenvalue weighted by Gasteiger charge is 2.40. The van der Waals surface area contributed by atoms with E-state index < -0.39 is 0 Å². The average molecular weight is 384 g/mol. The first kappa shape index (κ1) is 18.9. The largest absolute Gasteiger partial charge is 0.398 e. The number of carbonyl (C=O) groups is 1. The molecule has 0 radical (unpaired) electrons. The van der Waals surface area contributed by atoms with Crippen LogP contribution in [0.2, 0.25) is 0 Å². The molecule has 146 valence electrons. The lowest BCUT2D eigenvalue weighted by molar-refractivity contribution is 0.0958. The van der Waals surface area contributed by atoms with E-state index in [0.717, 1.165) is 36.8 Å². The molecule has 0 saturated carbocycles. The molecule has 2 aliphatic rings.